The highest BCUT2D eigenvalue weighted by Gasteiger charge is 2.33. The molecule has 0 saturated heterocycles. The van der Waals surface area contributed by atoms with Crippen LogP contribution < -0.4 is 0 Å². The van der Waals surface area contributed by atoms with E-state index < -0.39 is 22.5 Å². The van der Waals surface area contributed by atoms with E-state index in [-0.39, 0.29) is 9.79 Å². The Kier molecular flexibility index (Phi) is 3.26. The van der Waals surface area contributed by atoms with Crippen LogP contribution in [0.25, 0.3) is 0 Å². The Morgan fingerprint density at radius 1 is 1.36 bits per heavy atom. The minimum absolute atomic E-state index is 0.148. The molecule has 0 amide bonds. The van der Waals surface area contributed by atoms with E-state index in [1.807, 2.05) is 0 Å². The summed E-state index contributed by atoms with van der Waals surface area (Å²) < 4.78 is 48.0. The molecule has 0 radical (unpaired) electrons. The van der Waals surface area contributed by atoms with E-state index in [1.165, 1.54) is 18.4 Å². The van der Waals surface area contributed by atoms with E-state index in [0.717, 1.165) is 6.07 Å². The van der Waals surface area contributed by atoms with E-state index in [1.54, 1.807) is 0 Å². The van der Waals surface area contributed by atoms with Gasteiger partial charge in [0.05, 0.1) is 5.56 Å². The minimum atomic E-state index is -4.45. The Morgan fingerprint density at radius 3 is 2.36 bits per heavy atom. The maximum atomic E-state index is 12.3. The van der Waals surface area contributed by atoms with Crippen LogP contribution in [-0.2, 0) is 17.0 Å². The molecule has 0 aliphatic carbocycles. The first-order chi connectivity index (χ1) is 6.32. The summed E-state index contributed by atoms with van der Waals surface area (Å²) in [5.41, 5.74) is -0.853. The van der Waals surface area contributed by atoms with Gasteiger partial charge in [-0.1, -0.05) is 0 Å². The Morgan fingerprint density at radius 2 is 1.93 bits per heavy atom. The molecule has 0 spiro atoms. The Bertz CT molecular complexity index is 373. The van der Waals surface area contributed by atoms with Gasteiger partial charge < -0.3 is 0 Å². The summed E-state index contributed by atoms with van der Waals surface area (Å²) in [5, 5.41) is 0. The summed E-state index contributed by atoms with van der Waals surface area (Å²) in [4.78, 5) is -0.0122. The van der Waals surface area contributed by atoms with Crippen molar-refractivity contribution in [3.8, 4) is 0 Å². The summed E-state index contributed by atoms with van der Waals surface area (Å²) in [6, 6.07) is 3.43. The molecule has 0 fully saturated rings. The number of hydrogen-bond donors (Lipinski definition) is 1. The van der Waals surface area contributed by atoms with Crippen molar-refractivity contribution in [3.63, 3.8) is 0 Å². The maximum absolute atomic E-state index is 12.3. The standard InChI is InChI=1S/C8H7F3OS2/c1-14(12)5-2-3-7(13)6(4-5)8(9,10)11/h2-4,13H,1H3. The van der Waals surface area contributed by atoms with E-state index in [9.17, 15) is 17.4 Å². The van der Waals surface area contributed by atoms with Crippen LogP contribution in [0.15, 0.2) is 28.0 Å². The van der Waals surface area contributed by atoms with Gasteiger partial charge in [-0.15, -0.1) is 12.6 Å². The first-order valence-corrected chi connectivity index (χ1v) is 5.56. The van der Waals surface area contributed by atoms with E-state index in [2.05, 4.69) is 12.6 Å². The number of benzene rings is 1. The van der Waals surface area contributed by atoms with Crippen LogP contribution in [0, 0.1) is 0 Å². The SMILES string of the molecule is CS(=O)c1ccc(S)c(C(F)(F)F)c1. The van der Waals surface area contributed by atoms with Crippen LogP contribution in [0.5, 0.6) is 0 Å². The summed E-state index contributed by atoms with van der Waals surface area (Å²) in [5.74, 6) is 0. The molecule has 1 rings (SSSR count). The summed E-state index contributed by atoms with van der Waals surface area (Å²) >= 11 is 3.69. The minimum Gasteiger partial charge on any atom is -0.255 e. The van der Waals surface area contributed by atoms with Crippen LogP contribution in [-0.4, -0.2) is 10.5 Å². The molecule has 1 atom stereocenters. The number of thiol groups is 1. The molecule has 78 valence electrons. The normalized spacial score (nSPS) is 14.1. The molecule has 1 aromatic rings. The van der Waals surface area contributed by atoms with Gasteiger partial charge in [0.25, 0.3) is 0 Å². The van der Waals surface area contributed by atoms with Gasteiger partial charge in [-0.3, -0.25) is 4.21 Å². The predicted molar refractivity (Wildman–Crippen MR) is 51.0 cm³/mol. The first-order valence-electron chi connectivity index (χ1n) is 3.56. The number of rotatable bonds is 1. The second kappa shape index (κ2) is 3.94. The van der Waals surface area contributed by atoms with E-state index >= 15 is 0 Å². The molecule has 0 saturated carbocycles. The Balaban J connectivity index is 3.29. The van der Waals surface area contributed by atoms with Gasteiger partial charge in [0.1, 0.15) is 0 Å². The fraction of sp³-hybridized carbons (Fsp3) is 0.250. The van der Waals surface area contributed by atoms with Crippen LogP contribution in [0.4, 0.5) is 13.2 Å². The largest absolute Gasteiger partial charge is 0.417 e. The van der Waals surface area contributed by atoms with Crippen molar-refractivity contribution in [1.82, 2.24) is 0 Å². The van der Waals surface area contributed by atoms with Crippen LogP contribution in [0.3, 0.4) is 0 Å². The lowest BCUT2D eigenvalue weighted by atomic mass is 10.2. The molecule has 0 aliphatic rings. The van der Waals surface area contributed by atoms with Crippen molar-refractivity contribution in [1.29, 1.82) is 0 Å². The van der Waals surface area contributed by atoms with Gasteiger partial charge in [-0.25, -0.2) is 0 Å². The topological polar surface area (TPSA) is 17.1 Å². The third kappa shape index (κ3) is 2.51. The Hall–Kier alpha value is -0.490. The smallest absolute Gasteiger partial charge is 0.255 e. The molecule has 0 aliphatic heterocycles. The van der Waals surface area contributed by atoms with Crippen molar-refractivity contribution in [2.75, 3.05) is 6.26 Å². The second-order valence-corrected chi connectivity index (χ2v) is 4.49. The van der Waals surface area contributed by atoms with Gasteiger partial charge in [0.15, 0.2) is 0 Å². The zero-order chi connectivity index (χ0) is 10.9. The molecular formula is C8H7F3OS2. The summed E-state index contributed by atoms with van der Waals surface area (Å²) in [7, 11) is -1.42. The molecule has 0 N–H and O–H groups in total. The maximum Gasteiger partial charge on any atom is 0.417 e. The van der Waals surface area contributed by atoms with E-state index in [0.29, 0.717) is 0 Å². The highest BCUT2D eigenvalue weighted by molar-refractivity contribution is 7.84. The fourth-order valence-electron chi connectivity index (χ4n) is 0.921. The molecule has 1 nitrogen and oxygen atoms in total. The monoisotopic (exact) mass is 240 g/mol. The predicted octanol–water partition coefficient (Wildman–Crippen LogP) is 2.73. The molecule has 1 unspecified atom stereocenters. The quantitative estimate of drug-likeness (QED) is 0.747. The molecule has 0 bridgehead atoms. The summed E-state index contributed by atoms with van der Waals surface area (Å²) in [6.07, 6.45) is -3.12. The molecule has 14 heavy (non-hydrogen) atoms. The lowest BCUT2D eigenvalue weighted by Crippen LogP contribution is -2.07. The van der Waals surface area contributed by atoms with Gasteiger partial charge in [-0.05, 0) is 18.2 Å². The highest BCUT2D eigenvalue weighted by atomic mass is 32.2. The van der Waals surface area contributed by atoms with Crippen molar-refractivity contribution >= 4 is 23.4 Å². The van der Waals surface area contributed by atoms with E-state index in [4.69, 9.17) is 0 Å². The average molecular weight is 240 g/mol. The number of halogens is 3. The first kappa shape index (κ1) is 11.6. The highest BCUT2D eigenvalue weighted by Crippen LogP contribution is 2.34. The van der Waals surface area contributed by atoms with Gasteiger partial charge in [0, 0.05) is 26.8 Å². The second-order valence-electron chi connectivity index (χ2n) is 2.63. The number of alkyl halides is 3. The van der Waals surface area contributed by atoms with Crippen LogP contribution in [0.1, 0.15) is 5.56 Å². The Labute approximate surface area is 87.2 Å². The molecule has 0 heterocycles. The van der Waals surface area contributed by atoms with Crippen molar-refractivity contribution in [2.45, 2.75) is 16.0 Å². The third-order valence-electron chi connectivity index (χ3n) is 1.61. The van der Waals surface area contributed by atoms with Crippen LogP contribution in [0.2, 0.25) is 0 Å². The van der Waals surface area contributed by atoms with Crippen molar-refractivity contribution in [3.05, 3.63) is 23.8 Å². The van der Waals surface area contributed by atoms with Crippen molar-refractivity contribution in [2.24, 2.45) is 0 Å². The fourth-order valence-corrected chi connectivity index (χ4v) is 1.73. The lowest BCUT2D eigenvalue weighted by molar-refractivity contribution is -0.139. The molecule has 1 aromatic carbocycles. The third-order valence-corrected chi connectivity index (χ3v) is 2.91. The molecule has 6 heteroatoms. The molecule has 0 aromatic heterocycles. The zero-order valence-electron chi connectivity index (χ0n) is 7.13. The van der Waals surface area contributed by atoms with Gasteiger partial charge in [-0.2, -0.15) is 13.2 Å². The lowest BCUT2D eigenvalue weighted by Gasteiger charge is -2.10. The number of hydrogen-bond acceptors (Lipinski definition) is 2. The molecular weight excluding hydrogens is 233 g/mol. The average Bonchev–Trinajstić information content (AvgIpc) is 2.02. The van der Waals surface area contributed by atoms with Gasteiger partial charge in [0.2, 0.25) is 0 Å². The summed E-state index contributed by atoms with van der Waals surface area (Å²) in [6.45, 7) is 0. The zero-order valence-corrected chi connectivity index (χ0v) is 8.84. The van der Waals surface area contributed by atoms with Gasteiger partial charge >= 0.3 is 6.18 Å². The van der Waals surface area contributed by atoms with Crippen LogP contribution >= 0.6 is 12.6 Å². The van der Waals surface area contributed by atoms with Crippen molar-refractivity contribution < 1.29 is 17.4 Å².